The number of nitrogens with zero attached hydrogens (tertiary/aromatic N) is 1. The number of aryl methyl sites for hydroxylation is 1. The molecule has 2 saturated heterocycles. The summed E-state index contributed by atoms with van der Waals surface area (Å²) in [5.41, 5.74) is 1.96. The van der Waals surface area contributed by atoms with Gasteiger partial charge in [0.1, 0.15) is 6.04 Å². The molecule has 2 aliphatic heterocycles. The summed E-state index contributed by atoms with van der Waals surface area (Å²) in [6.45, 7) is 4.44. The van der Waals surface area contributed by atoms with Crippen molar-refractivity contribution in [1.29, 1.82) is 0 Å². The van der Waals surface area contributed by atoms with E-state index in [2.05, 4.69) is 15.4 Å². The minimum Gasteiger partial charge on any atom is -0.378 e. The van der Waals surface area contributed by atoms with E-state index < -0.39 is 10.0 Å². The van der Waals surface area contributed by atoms with Crippen molar-refractivity contribution in [3.8, 4) is 0 Å². The van der Waals surface area contributed by atoms with E-state index in [1.807, 2.05) is 31.2 Å². The number of amides is 2. The highest BCUT2D eigenvalue weighted by Crippen LogP contribution is 2.30. The minimum atomic E-state index is -3.85. The minimum absolute atomic E-state index is 0.000309. The fraction of sp³-hybridized carbons (Fsp3) is 0.357. The number of nitrogens with one attached hydrogen (secondary N) is 3. The van der Waals surface area contributed by atoms with Gasteiger partial charge in [0.05, 0.1) is 18.1 Å². The molecule has 0 bridgehead atoms. The highest BCUT2D eigenvalue weighted by atomic mass is 32.2. The van der Waals surface area contributed by atoms with Crippen LogP contribution in [0.25, 0.3) is 10.8 Å². The standard InChI is InChI=1S/C28H32N4O5S/c1-19-6-2-3-7-21(19)27(33)30-24-10-11-26(23-9-5-4-8-22(23)24)38(35,36)31-20-12-15-32(16-13-20)28(34)25-18-37-17-14-29-25/h2-11,20,25,29,31H,12-18H2,1H3,(H,30,33). The number of morpholine rings is 1. The number of carbonyl (C=O) groups excluding carboxylic acids is 2. The Morgan fingerprint density at radius 1 is 0.974 bits per heavy atom. The number of anilines is 1. The molecule has 2 amide bonds. The summed E-state index contributed by atoms with van der Waals surface area (Å²) in [4.78, 5) is 27.6. The second-order valence-electron chi connectivity index (χ2n) is 9.73. The highest BCUT2D eigenvalue weighted by Gasteiger charge is 2.31. The maximum Gasteiger partial charge on any atom is 0.255 e. The SMILES string of the molecule is Cc1ccccc1C(=O)Nc1ccc(S(=O)(=O)NC2CCN(C(=O)C3COCCN3)CC2)c2ccccc12. The quantitative estimate of drug-likeness (QED) is 0.446. The van der Waals surface area contributed by atoms with E-state index in [1.165, 1.54) is 6.07 Å². The first-order valence-electron chi connectivity index (χ1n) is 12.8. The Balaban J connectivity index is 1.30. The molecule has 2 fully saturated rings. The maximum absolute atomic E-state index is 13.5. The lowest BCUT2D eigenvalue weighted by atomic mass is 10.1. The van der Waals surface area contributed by atoms with Crippen LogP contribution in [0.1, 0.15) is 28.8 Å². The van der Waals surface area contributed by atoms with Crippen LogP contribution < -0.4 is 15.4 Å². The molecule has 2 heterocycles. The third-order valence-electron chi connectivity index (χ3n) is 7.16. The van der Waals surface area contributed by atoms with Crippen LogP contribution >= 0.6 is 0 Å². The number of benzene rings is 3. The Bertz CT molecular complexity index is 1440. The van der Waals surface area contributed by atoms with Crippen molar-refractivity contribution in [2.75, 3.05) is 38.2 Å². The molecule has 0 aliphatic carbocycles. The van der Waals surface area contributed by atoms with Gasteiger partial charge in [0.25, 0.3) is 5.91 Å². The Hall–Kier alpha value is -3.31. The van der Waals surface area contributed by atoms with Crippen molar-refractivity contribution in [2.45, 2.75) is 36.7 Å². The molecule has 3 aromatic carbocycles. The first-order chi connectivity index (χ1) is 18.3. The molecule has 9 nitrogen and oxygen atoms in total. The van der Waals surface area contributed by atoms with Gasteiger partial charge in [0, 0.05) is 47.7 Å². The van der Waals surface area contributed by atoms with Crippen molar-refractivity contribution in [1.82, 2.24) is 14.9 Å². The smallest absolute Gasteiger partial charge is 0.255 e. The average Bonchev–Trinajstić information content (AvgIpc) is 2.93. The Kier molecular flexibility index (Phi) is 7.75. The molecule has 0 radical (unpaired) electrons. The summed E-state index contributed by atoms with van der Waals surface area (Å²) in [5, 5.41) is 7.28. The normalized spacial score (nSPS) is 18.9. The molecule has 200 valence electrons. The van der Waals surface area contributed by atoms with E-state index in [4.69, 9.17) is 4.74 Å². The molecule has 0 saturated carbocycles. The van der Waals surface area contributed by atoms with Gasteiger partial charge in [-0.05, 0) is 43.5 Å². The number of likely N-dealkylation sites (tertiary alicyclic amines) is 1. The van der Waals surface area contributed by atoms with Crippen LogP contribution in [0.2, 0.25) is 0 Å². The third kappa shape index (κ3) is 5.58. The summed E-state index contributed by atoms with van der Waals surface area (Å²) >= 11 is 0. The van der Waals surface area contributed by atoms with E-state index in [1.54, 1.807) is 35.2 Å². The molecule has 5 rings (SSSR count). The number of hydrogen-bond acceptors (Lipinski definition) is 6. The van der Waals surface area contributed by atoms with Gasteiger partial charge >= 0.3 is 0 Å². The summed E-state index contributed by atoms with van der Waals surface area (Å²) in [6.07, 6.45) is 1.06. The molecule has 3 N–H and O–H groups in total. The predicted octanol–water partition coefficient (Wildman–Crippen LogP) is 2.66. The molecule has 38 heavy (non-hydrogen) atoms. The third-order valence-corrected chi connectivity index (χ3v) is 8.74. The van der Waals surface area contributed by atoms with Crippen LogP contribution in [0.15, 0.2) is 65.6 Å². The van der Waals surface area contributed by atoms with Crippen LogP contribution in [0.3, 0.4) is 0 Å². The summed E-state index contributed by atoms with van der Waals surface area (Å²) in [7, 11) is -3.85. The Labute approximate surface area is 222 Å². The molecule has 2 aliphatic rings. The topological polar surface area (TPSA) is 117 Å². The number of rotatable bonds is 6. The number of carbonyl (C=O) groups is 2. The first kappa shape index (κ1) is 26.3. The van der Waals surface area contributed by atoms with E-state index in [-0.39, 0.29) is 28.8 Å². The van der Waals surface area contributed by atoms with Gasteiger partial charge in [-0.25, -0.2) is 13.1 Å². The molecule has 0 aromatic heterocycles. The fourth-order valence-corrected chi connectivity index (χ4v) is 6.59. The van der Waals surface area contributed by atoms with Crippen molar-refractivity contribution in [2.24, 2.45) is 0 Å². The number of hydrogen-bond donors (Lipinski definition) is 3. The molecule has 1 unspecified atom stereocenters. The second-order valence-corrected chi connectivity index (χ2v) is 11.4. The van der Waals surface area contributed by atoms with Crippen LogP contribution in [0.5, 0.6) is 0 Å². The van der Waals surface area contributed by atoms with Crippen LogP contribution in [-0.4, -0.2) is 70.1 Å². The van der Waals surface area contributed by atoms with Crippen LogP contribution in [0.4, 0.5) is 5.69 Å². The molecule has 1 atom stereocenters. The monoisotopic (exact) mass is 536 g/mol. The van der Waals surface area contributed by atoms with Gasteiger partial charge in [0.2, 0.25) is 15.9 Å². The van der Waals surface area contributed by atoms with Crippen LogP contribution in [-0.2, 0) is 19.6 Å². The van der Waals surface area contributed by atoms with Gasteiger partial charge < -0.3 is 20.3 Å². The lowest BCUT2D eigenvalue weighted by Crippen LogP contribution is -2.55. The Morgan fingerprint density at radius 2 is 1.68 bits per heavy atom. The Morgan fingerprint density at radius 3 is 2.39 bits per heavy atom. The zero-order valence-electron chi connectivity index (χ0n) is 21.3. The highest BCUT2D eigenvalue weighted by molar-refractivity contribution is 7.89. The fourth-order valence-electron chi connectivity index (χ4n) is 5.08. The van der Waals surface area contributed by atoms with Gasteiger partial charge in [0.15, 0.2) is 0 Å². The largest absolute Gasteiger partial charge is 0.378 e. The lowest BCUT2D eigenvalue weighted by molar-refractivity contribution is -0.137. The number of ether oxygens (including phenoxy) is 1. The van der Waals surface area contributed by atoms with Gasteiger partial charge in [-0.1, -0.05) is 42.5 Å². The molecular weight excluding hydrogens is 504 g/mol. The first-order valence-corrected chi connectivity index (χ1v) is 14.3. The molecule has 3 aromatic rings. The number of sulfonamides is 1. The average molecular weight is 537 g/mol. The van der Waals surface area contributed by atoms with Crippen molar-refractivity contribution >= 4 is 38.3 Å². The van der Waals surface area contributed by atoms with E-state index in [9.17, 15) is 18.0 Å². The van der Waals surface area contributed by atoms with Gasteiger partial charge in [-0.15, -0.1) is 0 Å². The zero-order valence-corrected chi connectivity index (χ0v) is 22.1. The van der Waals surface area contributed by atoms with Crippen molar-refractivity contribution in [3.63, 3.8) is 0 Å². The number of fused-ring (bicyclic) bond motifs is 1. The van der Waals surface area contributed by atoms with E-state index >= 15 is 0 Å². The maximum atomic E-state index is 13.5. The van der Waals surface area contributed by atoms with Gasteiger partial charge in [-0.3, -0.25) is 9.59 Å². The second kappa shape index (κ2) is 11.2. The van der Waals surface area contributed by atoms with Crippen molar-refractivity contribution in [3.05, 3.63) is 71.8 Å². The summed E-state index contributed by atoms with van der Waals surface area (Å²) in [6, 6.07) is 17.0. The van der Waals surface area contributed by atoms with E-state index in [0.717, 1.165) is 5.56 Å². The molecule has 10 heteroatoms. The summed E-state index contributed by atoms with van der Waals surface area (Å²) < 4.78 is 35.2. The summed E-state index contributed by atoms with van der Waals surface area (Å²) in [5.74, 6) is -0.251. The van der Waals surface area contributed by atoms with Gasteiger partial charge in [-0.2, -0.15) is 0 Å². The lowest BCUT2D eigenvalue weighted by Gasteiger charge is -2.35. The molecular formula is C28H32N4O5S. The zero-order chi connectivity index (χ0) is 26.7. The molecule has 0 spiro atoms. The van der Waals surface area contributed by atoms with Crippen LogP contribution in [0, 0.1) is 6.92 Å². The number of piperidine rings is 1. The predicted molar refractivity (Wildman–Crippen MR) is 146 cm³/mol. The van der Waals surface area contributed by atoms with Crippen molar-refractivity contribution < 1.29 is 22.7 Å². The van der Waals surface area contributed by atoms with E-state index in [0.29, 0.717) is 67.7 Å².